The Morgan fingerprint density at radius 3 is 2.67 bits per heavy atom. The first-order valence-electron chi connectivity index (χ1n) is 9.08. The van der Waals surface area contributed by atoms with Crippen molar-refractivity contribution >= 4 is 21.6 Å². The van der Waals surface area contributed by atoms with Crippen LogP contribution in [0.25, 0.3) is 0 Å². The minimum Gasteiger partial charge on any atom is -0.334 e. The summed E-state index contributed by atoms with van der Waals surface area (Å²) in [4.78, 5) is 14.9. The number of carbonyl (C=O) groups is 1. The van der Waals surface area contributed by atoms with E-state index in [1.807, 2.05) is 32.3 Å². The summed E-state index contributed by atoms with van der Waals surface area (Å²) >= 11 is 0. The second-order valence-corrected chi connectivity index (χ2v) is 9.01. The van der Waals surface area contributed by atoms with Crippen LogP contribution in [-0.2, 0) is 21.9 Å². The van der Waals surface area contributed by atoms with Crippen molar-refractivity contribution in [3.8, 4) is 0 Å². The maximum Gasteiger partial charge on any atom is 0.243 e. The highest BCUT2D eigenvalue weighted by atomic mass is 32.2. The molecule has 1 aromatic carbocycles. The maximum atomic E-state index is 13.1. The maximum absolute atomic E-state index is 13.1. The van der Waals surface area contributed by atoms with Crippen LogP contribution in [0, 0.1) is 6.92 Å². The number of sulfonamides is 1. The van der Waals surface area contributed by atoms with Crippen molar-refractivity contribution < 1.29 is 13.2 Å². The van der Waals surface area contributed by atoms with Crippen LogP contribution in [0.1, 0.15) is 36.4 Å². The minimum absolute atomic E-state index is 0.0572. The number of aryl methyl sites for hydroxylation is 2. The number of para-hydroxylation sites is 1. The summed E-state index contributed by atoms with van der Waals surface area (Å²) in [6.45, 7) is 2.28. The van der Waals surface area contributed by atoms with Crippen LogP contribution >= 0.6 is 0 Å². The first-order valence-corrected chi connectivity index (χ1v) is 10.9. The summed E-state index contributed by atoms with van der Waals surface area (Å²) in [6.07, 6.45) is 7.67. The van der Waals surface area contributed by atoms with E-state index in [9.17, 15) is 13.2 Å². The molecule has 2 aromatic rings. The molecule has 1 aliphatic rings. The lowest BCUT2D eigenvalue weighted by molar-refractivity contribution is -0.133. The van der Waals surface area contributed by atoms with Gasteiger partial charge in [-0.2, -0.15) is 5.10 Å². The highest BCUT2D eigenvalue weighted by Crippen LogP contribution is 2.31. The fourth-order valence-electron chi connectivity index (χ4n) is 3.63. The van der Waals surface area contributed by atoms with Crippen LogP contribution in [0.4, 0.5) is 5.69 Å². The lowest BCUT2D eigenvalue weighted by atomic mass is 9.97. The number of anilines is 1. The number of aromatic nitrogens is 2. The third-order valence-corrected chi connectivity index (χ3v) is 6.12. The Hall–Kier alpha value is -2.35. The van der Waals surface area contributed by atoms with Gasteiger partial charge in [0.2, 0.25) is 15.9 Å². The summed E-state index contributed by atoms with van der Waals surface area (Å²) in [5.41, 5.74) is 2.36. The van der Waals surface area contributed by atoms with Crippen LogP contribution in [0.2, 0.25) is 0 Å². The number of hydrogen-bond acceptors (Lipinski definition) is 4. The van der Waals surface area contributed by atoms with Crippen LogP contribution in [0.3, 0.4) is 0 Å². The summed E-state index contributed by atoms with van der Waals surface area (Å²) < 4.78 is 27.7. The fourth-order valence-corrected chi connectivity index (χ4v) is 4.53. The number of nitrogens with zero attached hydrogens (tertiary/aromatic N) is 4. The minimum atomic E-state index is -3.58. The van der Waals surface area contributed by atoms with Crippen LogP contribution in [0.5, 0.6) is 0 Å². The van der Waals surface area contributed by atoms with E-state index in [0.717, 1.165) is 36.6 Å². The smallest absolute Gasteiger partial charge is 0.243 e. The highest BCUT2D eigenvalue weighted by Gasteiger charge is 2.31. The van der Waals surface area contributed by atoms with Gasteiger partial charge in [-0.1, -0.05) is 18.2 Å². The average molecular weight is 391 g/mol. The molecule has 2 heterocycles. The predicted molar refractivity (Wildman–Crippen MR) is 105 cm³/mol. The van der Waals surface area contributed by atoms with E-state index in [1.54, 1.807) is 27.9 Å². The van der Waals surface area contributed by atoms with Crippen molar-refractivity contribution in [1.29, 1.82) is 0 Å². The van der Waals surface area contributed by atoms with E-state index in [0.29, 0.717) is 12.2 Å². The van der Waals surface area contributed by atoms with E-state index in [1.165, 1.54) is 4.31 Å². The predicted octanol–water partition coefficient (Wildman–Crippen LogP) is 2.25. The van der Waals surface area contributed by atoms with Crippen LogP contribution in [0.15, 0.2) is 36.7 Å². The molecule has 146 valence electrons. The fraction of sp³-hybridized carbons (Fsp3) is 0.474. The van der Waals surface area contributed by atoms with Crippen molar-refractivity contribution in [2.24, 2.45) is 7.05 Å². The molecule has 0 radical (unpaired) electrons. The largest absolute Gasteiger partial charge is 0.334 e. The molecule has 1 atom stereocenters. The van der Waals surface area contributed by atoms with Gasteiger partial charge in [-0.15, -0.1) is 0 Å². The van der Waals surface area contributed by atoms with E-state index < -0.39 is 10.0 Å². The zero-order valence-electron chi connectivity index (χ0n) is 16.0. The average Bonchev–Trinajstić information content (AvgIpc) is 3.05. The molecule has 27 heavy (non-hydrogen) atoms. The Balaban J connectivity index is 1.87. The third kappa shape index (κ3) is 4.32. The Labute approximate surface area is 160 Å². The van der Waals surface area contributed by atoms with Gasteiger partial charge in [0.25, 0.3) is 0 Å². The molecule has 0 spiro atoms. The summed E-state index contributed by atoms with van der Waals surface area (Å²) in [5, 5.41) is 4.22. The molecule has 0 saturated carbocycles. The van der Waals surface area contributed by atoms with Crippen LogP contribution in [-0.4, -0.2) is 48.4 Å². The Kier molecular flexibility index (Phi) is 5.55. The topological polar surface area (TPSA) is 75.5 Å². The second-order valence-electron chi connectivity index (χ2n) is 7.10. The summed E-state index contributed by atoms with van der Waals surface area (Å²) in [5.74, 6) is -0.183. The number of rotatable bonds is 5. The Bertz CT molecular complexity index is 923. The van der Waals surface area contributed by atoms with Crippen molar-refractivity contribution in [3.63, 3.8) is 0 Å². The lowest BCUT2D eigenvalue weighted by Gasteiger charge is -2.36. The molecule has 1 saturated heterocycles. The first kappa shape index (κ1) is 19.4. The van der Waals surface area contributed by atoms with Crippen LogP contribution < -0.4 is 4.31 Å². The molecule has 1 fully saturated rings. The molecule has 7 nitrogen and oxygen atoms in total. The Morgan fingerprint density at radius 1 is 1.30 bits per heavy atom. The first-order chi connectivity index (χ1) is 12.8. The van der Waals surface area contributed by atoms with Gasteiger partial charge in [-0.3, -0.25) is 13.8 Å². The molecule has 1 aromatic heterocycles. The summed E-state index contributed by atoms with van der Waals surface area (Å²) in [7, 11) is -1.73. The number of carbonyl (C=O) groups excluding carboxylic acids is 1. The molecule has 1 aliphatic heterocycles. The van der Waals surface area contributed by atoms with Gasteiger partial charge in [0.05, 0.1) is 24.2 Å². The van der Waals surface area contributed by atoms with Crippen molar-refractivity contribution in [1.82, 2.24) is 14.7 Å². The van der Waals surface area contributed by atoms with Gasteiger partial charge in [-0.05, 0) is 37.8 Å². The lowest BCUT2D eigenvalue weighted by Crippen LogP contribution is -2.46. The molecular weight excluding hydrogens is 364 g/mol. The molecular formula is C19H26N4O3S. The molecule has 0 bridgehead atoms. The molecule has 3 rings (SSSR count). The molecule has 1 unspecified atom stereocenters. The van der Waals surface area contributed by atoms with Crippen molar-refractivity contribution in [2.75, 3.05) is 23.7 Å². The van der Waals surface area contributed by atoms with E-state index in [2.05, 4.69) is 5.10 Å². The number of hydrogen-bond donors (Lipinski definition) is 0. The van der Waals surface area contributed by atoms with E-state index in [4.69, 9.17) is 0 Å². The number of piperidine rings is 1. The standard InChI is InChI=1S/C19H26N4O3S/c1-15-8-4-5-9-17(15)23(27(3,25)26)14-19(24)22-11-7-6-10-18(22)16-12-20-21(2)13-16/h4-5,8-9,12-13,18H,6-7,10-11,14H2,1-3H3. The highest BCUT2D eigenvalue weighted by molar-refractivity contribution is 7.92. The normalized spacial score (nSPS) is 17.7. The second kappa shape index (κ2) is 7.72. The van der Waals surface area contributed by atoms with Gasteiger partial charge in [0.15, 0.2) is 0 Å². The third-order valence-electron chi connectivity index (χ3n) is 5.00. The molecule has 8 heteroatoms. The number of amides is 1. The van der Waals surface area contributed by atoms with Gasteiger partial charge < -0.3 is 4.90 Å². The SMILES string of the molecule is Cc1ccccc1N(CC(=O)N1CCCCC1c1cnn(C)c1)S(C)(=O)=O. The van der Waals surface area contributed by atoms with Gasteiger partial charge in [0.1, 0.15) is 6.54 Å². The quantitative estimate of drug-likeness (QED) is 0.785. The van der Waals surface area contributed by atoms with Gasteiger partial charge >= 0.3 is 0 Å². The van der Waals surface area contributed by atoms with Gasteiger partial charge in [-0.25, -0.2) is 8.42 Å². The van der Waals surface area contributed by atoms with Crippen molar-refractivity contribution in [3.05, 3.63) is 47.8 Å². The van der Waals surface area contributed by atoms with E-state index in [-0.39, 0.29) is 18.5 Å². The van der Waals surface area contributed by atoms with Gasteiger partial charge in [0, 0.05) is 25.4 Å². The summed E-state index contributed by atoms with van der Waals surface area (Å²) in [6, 6.07) is 7.16. The Morgan fingerprint density at radius 2 is 2.04 bits per heavy atom. The number of likely N-dealkylation sites (tertiary alicyclic amines) is 1. The monoisotopic (exact) mass is 390 g/mol. The molecule has 1 amide bonds. The molecule has 0 N–H and O–H groups in total. The molecule has 0 aliphatic carbocycles. The zero-order chi connectivity index (χ0) is 19.6. The van der Waals surface area contributed by atoms with Crippen molar-refractivity contribution in [2.45, 2.75) is 32.2 Å². The zero-order valence-corrected chi connectivity index (χ0v) is 16.8. The number of benzene rings is 1. The van der Waals surface area contributed by atoms with E-state index >= 15 is 0 Å².